The largest absolute Gasteiger partial charge is 0.569 e. The first-order chi connectivity index (χ1) is 28.9. The molecule has 4 aliphatic rings. The van der Waals surface area contributed by atoms with Crippen LogP contribution in [0.4, 0.5) is 5.69 Å². The Bertz CT molecular complexity index is 2130. The number of fused-ring (bicyclic) bond motifs is 1. The lowest BCUT2D eigenvalue weighted by molar-refractivity contribution is -0.136. The van der Waals surface area contributed by atoms with Gasteiger partial charge in [-0.2, -0.15) is 0 Å². The molecule has 59 heavy (non-hydrogen) atoms. The molecule has 3 fully saturated rings. The summed E-state index contributed by atoms with van der Waals surface area (Å²) in [5, 5.41) is 11.5. The Morgan fingerprint density at radius 3 is 2.14 bits per heavy atom. The Morgan fingerprint density at radius 1 is 0.780 bits per heavy atom. The zero-order valence-electron chi connectivity index (χ0n) is 33.9. The summed E-state index contributed by atoms with van der Waals surface area (Å²) < 4.78 is 11.4. The number of imide groups is 1. The van der Waals surface area contributed by atoms with E-state index in [2.05, 4.69) is 81.5 Å². The minimum Gasteiger partial charge on any atom is -0.537 e. The number of carbonyl (C=O) groups excluding carboxylic acids is 3. The molecule has 0 saturated carbocycles. The maximum Gasteiger partial charge on any atom is 0.569 e. The molecular weight excluding hydrogens is 741 g/mol. The summed E-state index contributed by atoms with van der Waals surface area (Å²) in [6.45, 7) is 11.4. The predicted octanol–water partition coefficient (Wildman–Crippen LogP) is 5.64. The van der Waals surface area contributed by atoms with Crippen molar-refractivity contribution < 1.29 is 28.8 Å². The van der Waals surface area contributed by atoms with E-state index in [9.17, 15) is 14.4 Å². The number of anilines is 1. The molecular formula is C47H53BN5O6. The number of benzene rings is 4. The van der Waals surface area contributed by atoms with Gasteiger partial charge in [0, 0.05) is 63.5 Å². The molecule has 0 aliphatic carbocycles. The van der Waals surface area contributed by atoms with Gasteiger partial charge in [-0.05, 0) is 121 Å². The third kappa shape index (κ3) is 9.41. The Labute approximate surface area is 347 Å². The fourth-order valence-corrected chi connectivity index (χ4v) is 9.16. The second kappa shape index (κ2) is 18.7. The van der Waals surface area contributed by atoms with E-state index in [0.717, 1.165) is 92.5 Å². The molecule has 4 heterocycles. The van der Waals surface area contributed by atoms with Crippen molar-refractivity contribution in [3.8, 4) is 11.5 Å². The Morgan fingerprint density at radius 2 is 1.47 bits per heavy atom. The molecule has 0 aromatic heterocycles. The first kappa shape index (κ1) is 40.4. The number of piperazine rings is 1. The highest BCUT2D eigenvalue weighted by Gasteiger charge is 2.39. The Hall–Kier alpha value is -5.43. The number of hydrogen-bond donors (Lipinski definition) is 2. The lowest BCUT2D eigenvalue weighted by Gasteiger charge is -2.39. The summed E-state index contributed by atoms with van der Waals surface area (Å²) in [7, 11) is 0.701. The molecule has 0 spiro atoms. The first-order valence-electron chi connectivity index (χ1n) is 21.1. The molecule has 1 atom stereocenters. The van der Waals surface area contributed by atoms with Crippen LogP contribution in [0.3, 0.4) is 0 Å². The lowest BCUT2D eigenvalue weighted by atomic mass is 9.88. The highest BCUT2D eigenvalue weighted by atomic mass is 16.5. The first-order valence-corrected chi connectivity index (χ1v) is 21.1. The zero-order valence-corrected chi connectivity index (χ0v) is 33.9. The highest BCUT2D eigenvalue weighted by Crippen LogP contribution is 2.36. The summed E-state index contributed by atoms with van der Waals surface area (Å²) in [4.78, 5) is 46.4. The number of rotatable bonds is 14. The van der Waals surface area contributed by atoms with Crippen LogP contribution in [0, 0.1) is 5.92 Å². The second-order valence-electron chi connectivity index (χ2n) is 16.0. The van der Waals surface area contributed by atoms with E-state index in [4.69, 9.17) is 14.4 Å². The zero-order chi connectivity index (χ0) is 40.7. The molecule has 0 unspecified atom stereocenters. The number of hydrogen-bond acceptors (Lipinski definition) is 9. The minimum atomic E-state index is -0.591. The number of ether oxygens (including phenoxy) is 1. The van der Waals surface area contributed by atoms with E-state index in [-0.39, 0.29) is 24.1 Å². The van der Waals surface area contributed by atoms with Crippen molar-refractivity contribution in [2.45, 2.75) is 51.6 Å². The normalized spacial score (nSPS) is 19.6. The van der Waals surface area contributed by atoms with Gasteiger partial charge in [0.05, 0.1) is 0 Å². The van der Waals surface area contributed by atoms with Gasteiger partial charge in [-0.3, -0.25) is 29.5 Å². The van der Waals surface area contributed by atoms with E-state index >= 15 is 0 Å². The van der Waals surface area contributed by atoms with Gasteiger partial charge in [0.25, 0.3) is 5.91 Å². The van der Waals surface area contributed by atoms with Crippen molar-refractivity contribution in [3.05, 3.63) is 125 Å². The van der Waals surface area contributed by atoms with Gasteiger partial charge >= 0.3 is 7.69 Å². The minimum absolute atomic E-state index is 0.127. The molecule has 2 N–H and O–H groups in total. The third-order valence-electron chi connectivity index (χ3n) is 12.4. The molecule has 4 aromatic carbocycles. The molecule has 305 valence electrons. The average molecular weight is 795 g/mol. The van der Waals surface area contributed by atoms with Crippen LogP contribution in [0.25, 0.3) is 11.1 Å². The number of nitrogens with zero attached hydrogens (tertiary/aromatic N) is 4. The molecule has 4 aliphatic heterocycles. The van der Waals surface area contributed by atoms with E-state index in [0.29, 0.717) is 44.5 Å². The van der Waals surface area contributed by atoms with Crippen molar-refractivity contribution in [1.82, 2.24) is 20.0 Å². The molecule has 1 radical (unpaired) electrons. The topological polar surface area (TPSA) is 115 Å². The number of allylic oxidation sites excluding steroid dienone is 1. The number of amides is 3. The predicted molar refractivity (Wildman–Crippen MR) is 230 cm³/mol. The van der Waals surface area contributed by atoms with Gasteiger partial charge in [-0.15, -0.1) is 0 Å². The van der Waals surface area contributed by atoms with Gasteiger partial charge in [0.2, 0.25) is 11.8 Å². The van der Waals surface area contributed by atoms with Gasteiger partial charge in [-0.25, -0.2) is 0 Å². The van der Waals surface area contributed by atoms with Crippen molar-refractivity contribution in [2.24, 2.45) is 5.92 Å². The third-order valence-corrected chi connectivity index (χ3v) is 12.4. The maximum absolute atomic E-state index is 13.1. The van der Waals surface area contributed by atoms with Crippen molar-refractivity contribution in [2.75, 3.05) is 63.9 Å². The molecule has 0 bridgehead atoms. The number of nitrogens with one attached hydrogen (secondary N) is 1. The van der Waals surface area contributed by atoms with Gasteiger partial charge in [-0.1, -0.05) is 61.5 Å². The fourth-order valence-electron chi connectivity index (χ4n) is 9.16. The summed E-state index contributed by atoms with van der Waals surface area (Å²) >= 11 is 0. The van der Waals surface area contributed by atoms with Gasteiger partial charge in [0.1, 0.15) is 24.1 Å². The van der Waals surface area contributed by atoms with Crippen LogP contribution in [0.1, 0.15) is 71.6 Å². The van der Waals surface area contributed by atoms with E-state index in [1.165, 1.54) is 24.0 Å². The van der Waals surface area contributed by atoms with Crippen molar-refractivity contribution >= 4 is 42.2 Å². The number of likely N-dealkylation sites (tertiary alicyclic amines) is 1. The molecule has 3 amide bonds. The average Bonchev–Trinajstić information content (AvgIpc) is 3.59. The molecule has 11 nitrogen and oxygen atoms in total. The van der Waals surface area contributed by atoms with Gasteiger partial charge in [0.15, 0.2) is 0 Å². The van der Waals surface area contributed by atoms with Crippen LogP contribution in [0.2, 0.25) is 0 Å². The smallest absolute Gasteiger partial charge is 0.537 e. The van der Waals surface area contributed by atoms with Crippen LogP contribution in [-0.4, -0.2) is 110 Å². The number of piperidine rings is 2. The standard InChI is InChI=1S/C47H53BN5O6/c1-2-41(34-6-4-3-5-7-34)45(36-10-15-40(16-11-36)59-48-57)35-8-13-39(14-9-35)58-29-28-50-22-20-33(21-23-50)31-51-24-26-52(27-25-51)38-12-17-42-37(30-38)32-53(47(42)56)43-18-19-44(54)49-46(43)55/h3-17,30,33,43,57H,2,18-29,31-32H2,1H3,(H,49,54,55)/b45-41-/t43-/m1/s1. The summed E-state index contributed by atoms with van der Waals surface area (Å²) in [6.07, 6.45) is 3.89. The quantitative estimate of drug-likeness (QED) is 0.0953. The molecule has 12 heteroatoms. The van der Waals surface area contributed by atoms with Crippen LogP contribution in [-0.2, 0) is 16.1 Å². The second-order valence-corrected chi connectivity index (χ2v) is 16.0. The fraction of sp³-hybridized carbons (Fsp3) is 0.383. The highest BCUT2D eigenvalue weighted by molar-refractivity contribution is 6.17. The summed E-state index contributed by atoms with van der Waals surface area (Å²) in [6, 6.07) is 32.2. The number of carbonyl (C=O) groups is 3. The Balaban J connectivity index is 0.783. The Kier molecular flexibility index (Phi) is 12.8. The van der Waals surface area contributed by atoms with E-state index in [1.807, 2.05) is 42.5 Å². The van der Waals surface area contributed by atoms with Crippen LogP contribution >= 0.6 is 0 Å². The monoisotopic (exact) mass is 794 g/mol. The van der Waals surface area contributed by atoms with E-state index < -0.39 is 6.04 Å². The van der Waals surface area contributed by atoms with Crippen LogP contribution in [0.5, 0.6) is 11.5 Å². The lowest BCUT2D eigenvalue weighted by Crippen LogP contribution is -2.52. The summed E-state index contributed by atoms with van der Waals surface area (Å²) in [5.41, 5.74) is 8.53. The van der Waals surface area contributed by atoms with Crippen LogP contribution < -0.4 is 19.6 Å². The van der Waals surface area contributed by atoms with E-state index in [1.54, 1.807) is 4.90 Å². The molecule has 4 aromatic rings. The molecule has 3 saturated heterocycles. The van der Waals surface area contributed by atoms with Crippen LogP contribution in [0.15, 0.2) is 97.1 Å². The maximum atomic E-state index is 13.1. The summed E-state index contributed by atoms with van der Waals surface area (Å²) in [5.74, 6) is 1.36. The van der Waals surface area contributed by atoms with Gasteiger partial charge < -0.3 is 24.2 Å². The van der Waals surface area contributed by atoms with Crippen molar-refractivity contribution in [1.29, 1.82) is 0 Å². The SMILES string of the molecule is CC/C(=C(/c1ccc(O[B]O)cc1)c1ccc(OCCN2CCC(CN3CCN(c4ccc5c(c4)CN([C@@H]4CCC(=O)NC4=O)C5=O)CC3)CC2)cc1)c1ccccc1. The van der Waals surface area contributed by atoms with Crippen molar-refractivity contribution in [3.63, 3.8) is 0 Å². The molecule has 8 rings (SSSR count).